The van der Waals surface area contributed by atoms with Gasteiger partial charge in [0.25, 0.3) is 0 Å². The summed E-state index contributed by atoms with van der Waals surface area (Å²) in [4.78, 5) is 0. The van der Waals surface area contributed by atoms with E-state index in [2.05, 4.69) is 25.1 Å². The summed E-state index contributed by atoms with van der Waals surface area (Å²) in [6.07, 6.45) is 2.71. The zero-order valence-corrected chi connectivity index (χ0v) is 9.96. The molecular formula is C14H18N2. The van der Waals surface area contributed by atoms with Gasteiger partial charge in [0.05, 0.1) is 17.3 Å². The summed E-state index contributed by atoms with van der Waals surface area (Å²) in [6, 6.07) is 10.3. The molecular weight excluding hydrogens is 196 g/mol. The first kappa shape index (κ1) is 12.3. The summed E-state index contributed by atoms with van der Waals surface area (Å²) in [5.74, 6) is 0. The molecule has 0 atom stereocenters. The molecule has 0 amide bonds. The highest BCUT2D eigenvalue weighted by molar-refractivity contribution is 5.69. The zero-order valence-electron chi connectivity index (χ0n) is 9.96. The first-order valence-corrected chi connectivity index (χ1v) is 5.70. The topological polar surface area (TPSA) is 49.8 Å². The van der Waals surface area contributed by atoms with Crippen LogP contribution in [0.4, 0.5) is 0 Å². The van der Waals surface area contributed by atoms with Crippen LogP contribution < -0.4 is 5.73 Å². The highest BCUT2D eigenvalue weighted by atomic mass is 14.6. The molecule has 1 aromatic rings. The third-order valence-corrected chi connectivity index (χ3v) is 2.63. The maximum absolute atomic E-state index is 9.00. The number of benzene rings is 1. The van der Waals surface area contributed by atoms with E-state index >= 15 is 0 Å². The molecule has 84 valence electrons. The molecule has 0 saturated heterocycles. The van der Waals surface area contributed by atoms with Crippen molar-refractivity contribution < 1.29 is 0 Å². The third kappa shape index (κ3) is 2.87. The summed E-state index contributed by atoms with van der Waals surface area (Å²) in [5.41, 5.74) is 9.52. The first-order chi connectivity index (χ1) is 7.72. The molecule has 0 heterocycles. The molecule has 2 N–H and O–H groups in total. The van der Waals surface area contributed by atoms with Gasteiger partial charge in [-0.25, -0.2) is 0 Å². The fourth-order valence-corrected chi connectivity index (χ4v) is 1.60. The van der Waals surface area contributed by atoms with Crippen LogP contribution in [0.15, 0.2) is 29.8 Å². The molecule has 0 aliphatic heterocycles. The second-order valence-corrected chi connectivity index (χ2v) is 3.80. The Morgan fingerprint density at radius 1 is 1.25 bits per heavy atom. The normalized spacial score (nSPS) is 11.8. The average molecular weight is 214 g/mol. The maximum atomic E-state index is 9.00. The van der Waals surface area contributed by atoms with E-state index in [1.54, 1.807) is 0 Å². The minimum absolute atomic E-state index is 0.618. The lowest BCUT2D eigenvalue weighted by molar-refractivity contribution is 0.929. The van der Waals surface area contributed by atoms with Gasteiger partial charge in [-0.2, -0.15) is 5.26 Å². The predicted molar refractivity (Wildman–Crippen MR) is 67.4 cm³/mol. The van der Waals surface area contributed by atoms with E-state index in [4.69, 9.17) is 11.0 Å². The Labute approximate surface area is 97.4 Å². The predicted octanol–water partition coefficient (Wildman–Crippen LogP) is 3.24. The van der Waals surface area contributed by atoms with Gasteiger partial charge in [0.1, 0.15) is 0 Å². The Hall–Kier alpha value is -1.75. The molecule has 0 bridgehead atoms. The second kappa shape index (κ2) is 5.97. The van der Waals surface area contributed by atoms with E-state index in [1.165, 1.54) is 5.56 Å². The minimum Gasteiger partial charge on any atom is -0.397 e. The Morgan fingerprint density at radius 3 is 2.31 bits per heavy atom. The maximum Gasteiger partial charge on any atom is 0.0968 e. The van der Waals surface area contributed by atoms with Crippen molar-refractivity contribution in [2.75, 3.05) is 0 Å². The van der Waals surface area contributed by atoms with Crippen LogP contribution in [0.3, 0.4) is 0 Å². The van der Waals surface area contributed by atoms with Gasteiger partial charge in [-0.05, 0) is 24.0 Å². The summed E-state index contributed by atoms with van der Waals surface area (Å²) in [5, 5.41) is 9.00. The molecule has 1 aromatic carbocycles. The van der Waals surface area contributed by atoms with Crippen molar-refractivity contribution in [2.24, 2.45) is 5.73 Å². The van der Waals surface area contributed by atoms with E-state index in [1.807, 2.05) is 19.1 Å². The summed E-state index contributed by atoms with van der Waals surface area (Å²) < 4.78 is 0. The average Bonchev–Trinajstić information content (AvgIpc) is 2.35. The van der Waals surface area contributed by atoms with Crippen molar-refractivity contribution in [3.63, 3.8) is 0 Å². The summed E-state index contributed by atoms with van der Waals surface area (Å²) in [7, 11) is 0. The Kier molecular flexibility index (Phi) is 4.60. The molecule has 0 unspecified atom stereocenters. The molecule has 0 spiro atoms. The van der Waals surface area contributed by atoms with Gasteiger partial charge < -0.3 is 5.73 Å². The van der Waals surface area contributed by atoms with E-state index in [0.29, 0.717) is 11.3 Å². The largest absolute Gasteiger partial charge is 0.397 e. The van der Waals surface area contributed by atoms with Gasteiger partial charge in [0.2, 0.25) is 0 Å². The first-order valence-electron chi connectivity index (χ1n) is 5.70. The van der Waals surface area contributed by atoms with Gasteiger partial charge in [0, 0.05) is 0 Å². The van der Waals surface area contributed by atoms with Crippen molar-refractivity contribution >= 4 is 5.70 Å². The molecule has 2 heteroatoms. The molecule has 2 nitrogen and oxygen atoms in total. The van der Waals surface area contributed by atoms with Crippen LogP contribution in [0, 0.1) is 11.3 Å². The van der Waals surface area contributed by atoms with Gasteiger partial charge in [-0.15, -0.1) is 0 Å². The SMILES string of the molecule is CCC/C(C#N)=C(/N)c1ccc(CC)cc1. The van der Waals surface area contributed by atoms with Crippen LogP contribution in [0.1, 0.15) is 37.8 Å². The lowest BCUT2D eigenvalue weighted by Gasteiger charge is -2.06. The Bertz CT molecular complexity index is 407. The Balaban J connectivity index is 3.03. The fraction of sp³-hybridized carbons (Fsp3) is 0.357. The van der Waals surface area contributed by atoms with Crippen molar-refractivity contribution in [1.29, 1.82) is 5.26 Å². The van der Waals surface area contributed by atoms with Crippen LogP contribution in [0.25, 0.3) is 5.70 Å². The molecule has 0 saturated carbocycles. The van der Waals surface area contributed by atoms with E-state index in [0.717, 1.165) is 24.8 Å². The molecule has 1 rings (SSSR count). The minimum atomic E-state index is 0.618. The van der Waals surface area contributed by atoms with Crippen molar-refractivity contribution in [3.8, 4) is 6.07 Å². The van der Waals surface area contributed by atoms with E-state index in [9.17, 15) is 0 Å². The number of hydrogen-bond donors (Lipinski definition) is 1. The molecule has 0 radical (unpaired) electrons. The van der Waals surface area contributed by atoms with E-state index in [-0.39, 0.29) is 0 Å². The second-order valence-electron chi connectivity index (χ2n) is 3.80. The lowest BCUT2D eigenvalue weighted by Crippen LogP contribution is -2.01. The summed E-state index contributed by atoms with van der Waals surface area (Å²) >= 11 is 0. The Morgan fingerprint density at radius 2 is 1.88 bits per heavy atom. The highest BCUT2D eigenvalue weighted by Crippen LogP contribution is 2.17. The number of nitrogens with zero attached hydrogens (tertiary/aromatic N) is 1. The quantitative estimate of drug-likeness (QED) is 0.782. The zero-order chi connectivity index (χ0) is 12.0. The molecule has 0 aliphatic carbocycles. The molecule has 16 heavy (non-hydrogen) atoms. The number of nitrogens with two attached hydrogens (primary N) is 1. The van der Waals surface area contributed by atoms with Gasteiger partial charge in [0.15, 0.2) is 0 Å². The van der Waals surface area contributed by atoms with E-state index < -0.39 is 0 Å². The van der Waals surface area contributed by atoms with Gasteiger partial charge >= 0.3 is 0 Å². The van der Waals surface area contributed by atoms with Gasteiger partial charge in [-0.1, -0.05) is 44.5 Å². The lowest BCUT2D eigenvalue weighted by atomic mass is 10.0. The van der Waals surface area contributed by atoms with Crippen LogP contribution in [-0.2, 0) is 6.42 Å². The van der Waals surface area contributed by atoms with Crippen molar-refractivity contribution in [3.05, 3.63) is 41.0 Å². The number of allylic oxidation sites excluding steroid dienone is 1. The standard InChI is InChI=1S/C14H18N2/c1-3-5-13(10-15)14(16)12-8-6-11(4-2)7-9-12/h6-9H,3-5,16H2,1-2H3/b14-13-. The highest BCUT2D eigenvalue weighted by Gasteiger charge is 2.04. The van der Waals surface area contributed by atoms with Gasteiger partial charge in [-0.3, -0.25) is 0 Å². The fourth-order valence-electron chi connectivity index (χ4n) is 1.60. The monoisotopic (exact) mass is 214 g/mol. The summed E-state index contributed by atoms with van der Waals surface area (Å²) in [6.45, 7) is 4.16. The van der Waals surface area contributed by atoms with Crippen molar-refractivity contribution in [1.82, 2.24) is 0 Å². The molecule has 0 aliphatic rings. The smallest absolute Gasteiger partial charge is 0.0968 e. The number of aryl methyl sites for hydroxylation is 1. The van der Waals surface area contributed by atoms with Crippen LogP contribution in [0.5, 0.6) is 0 Å². The van der Waals surface area contributed by atoms with Crippen LogP contribution in [-0.4, -0.2) is 0 Å². The van der Waals surface area contributed by atoms with Crippen molar-refractivity contribution in [2.45, 2.75) is 33.1 Å². The number of hydrogen-bond acceptors (Lipinski definition) is 2. The molecule has 0 aromatic heterocycles. The molecule has 0 fully saturated rings. The number of rotatable bonds is 4. The number of nitriles is 1. The van der Waals surface area contributed by atoms with Crippen LogP contribution in [0.2, 0.25) is 0 Å². The van der Waals surface area contributed by atoms with Crippen LogP contribution >= 0.6 is 0 Å². The third-order valence-electron chi connectivity index (χ3n) is 2.63.